The quantitative estimate of drug-likeness (QED) is 0.559. The van der Waals surface area contributed by atoms with Crippen molar-refractivity contribution >= 4 is 0 Å². The molecular formula is C9H18N. The Morgan fingerprint density at radius 3 is 2.50 bits per heavy atom. The van der Waals surface area contributed by atoms with Crippen LogP contribution in [-0.4, -0.2) is 6.54 Å². The monoisotopic (exact) mass is 140 g/mol. The molecule has 0 aromatic carbocycles. The van der Waals surface area contributed by atoms with Crippen molar-refractivity contribution in [1.82, 2.24) is 5.32 Å². The molecule has 0 rings (SSSR count). The first-order valence-electron chi connectivity index (χ1n) is 4.16. The van der Waals surface area contributed by atoms with Crippen LogP contribution < -0.4 is 5.32 Å². The van der Waals surface area contributed by atoms with Crippen molar-refractivity contribution in [3.63, 3.8) is 0 Å². The first-order chi connectivity index (χ1) is 4.81. The Kier molecular flexibility index (Phi) is 6.35. The van der Waals surface area contributed by atoms with Crippen molar-refractivity contribution in [3.05, 3.63) is 12.3 Å². The molecule has 1 N–H and O–H groups in total. The Morgan fingerprint density at radius 2 is 2.00 bits per heavy atom. The van der Waals surface area contributed by atoms with Crippen molar-refractivity contribution in [2.24, 2.45) is 0 Å². The van der Waals surface area contributed by atoms with Gasteiger partial charge >= 0.3 is 0 Å². The maximum atomic E-state index is 5.63. The Hall–Kier alpha value is -0.460. The minimum Gasteiger partial charge on any atom is -0.389 e. The van der Waals surface area contributed by atoms with E-state index in [-0.39, 0.29) is 0 Å². The van der Waals surface area contributed by atoms with Crippen LogP contribution in [0.25, 0.3) is 0 Å². The standard InChI is InChI=1S/C9H18N/c1-4-6-7-8-9(3)10-5-2/h3,10H,4-8H2,1-2H3. The zero-order valence-electron chi connectivity index (χ0n) is 7.11. The molecule has 1 heteroatoms. The van der Waals surface area contributed by atoms with Gasteiger partial charge in [-0.3, -0.25) is 0 Å². The number of allylic oxidation sites excluding steroid dienone is 1. The molecule has 59 valence electrons. The molecule has 0 heterocycles. The average Bonchev–Trinajstić information content (AvgIpc) is 1.89. The highest BCUT2D eigenvalue weighted by Crippen LogP contribution is 2.03. The van der Waals surface area contributed by atoms with E-state index in [0.29, 0.717) is 0 Å². The van der Waals surface area contributed by atoms with Gasteiger partial charge in [0.25, 0.3) is 0 Å². The molecule has 0 fully saturated rings. The van der Waals surface area contributed by atoms with Crippen molar-refractivity contribution in [3.8, 4) is 0 Å². The number of nitrogens with one attached hydrogen (secondary N) is 1. The van der Waals surface area contributed by atoms with Gasteiger partial charge in [0.2, 0.25) is 0 Å². The molecule has 0 unspecified atom stereocenters. The lowest BCUT2D eigenvalue weighted by molar-refractivity contribution is 0.676. The van der Waals surface area contributed by atoms with Crippen molar-refractivity contribution in [1.29, 1.82) is 0 Å². The lowest BCUT2D eigenvalue weighted by Crippen LogP contribution is -2.10. The fourth-order valence-corrected chi connectivity index (χ4v) is 0.881. The van der Waals surface area contributed by atoms with Crippen molar-refractivity contribution < 1.29 is 0 Å². The molecule has 0 aromatic heterocycles. The number of hydrogen-bond acceptors (Lipinski definition) is 1. The van der Waals surface area contributed by atoms with Crippen LogP contribution in [0.1, 0.15) is 39.5 Å². The van der Waals surface area contributed by atoms with Crippen LogP contribution in [0.15, 0.2) is 5.70 Å². The SMILES string of the molecule is [CH]=C(CCCCC)NCC. The van der Waals surface area contributed by atoms with Crippen LogP contribution in [0.5, 0.6) is 0 Å². The fraction of sp³-hybridized carbons (Fsp3) is 0.778. The first kappa shape index (κ1) is 9.54. The van der Waals surface area contributed by atoms with E-state index in [1.54, 1.807) is 0 Å². The Bertz CT molecular complexity index is 86.7. The minimum atomic E-state index is 0.941. The van der Waals surface area contributed by atoms with E-state index in [4.69, 9.17) is 6.58 Å². The number of hydrogen-bond donors (Lipinski definition) is 1. The van der Waals surface area contributed by atoms with Crippen LogP contribution in [0.3, 0.4) is 0 Å². The smallest absolute Gasteiger partial charge is 0.0115 e. The van der Waals surface area contributed by atoms with Crippen LogP contribution >= 0.6 is 0 Å². The molecule has 0 bridgehead atoms. The van der Waals surface area contributed by atoms with Gasteiger partial charge in [0.15, 0.2) is 0 Å². The molecule has 0 aliphatic rings. The number of rotatable bonds is 6. The molecule has 1 radical (unpaired) electrons. The number of unbranched alkanes of at least 4 members (excludes halogenated alkanes) is 2. The van der Waals surface area contributed by atoms with E-state index in [2.05, 4.69) is 19.2 Å². The normalized spacial score (nSPS) is 9.40. The Balaban J connectivity index is 3.05. The molecule has 0 aliphatic heterocycles. The third kappa shape index (κ3) is 5.67. The van der Waals surface area contributed by atoms with E-state index in [0.717, 1.165) is 18.7 Å². The zero-order chi connectivity index (χ0) is 7.82. The lowest BCUT2D eigenvalue weighted by Gasteiger charge is -2.04. The second-order valence-corrected chi connectivity index (χ2v) is 2.51. The summed E-state index contributed by atoms with van der Waals surface area (Å²) in [6.07, 6.45) is 4.79. The van der Waals surface area contributed by atoms with E-state index in [1.165, 1.54) is 19.3 Å². The third-order valence-corrected chi connectivity index (χ3v) is 1.45. The van der Waals surface area contributed by atoms with Gasteiger partial charge in [-0.15, -0.1) is 0 Å². The summed E-state index contributed by atoms with van der Waals surface area (Å²) in [6, 6.07) is 0. The fourth-order valence-electron chi connectivity index (χ4n) is 0.881. The second kappa shape index (κ2) is 6.66. The van der Waals surface area contributed by atoms with E-state index in [1.807, 2.05) is 0 Å². The summed E-state index contributed by atoms with van der Waals surface area (Å²) in [5, 5.41) is 3.10. The summed E-state index contributed by atoms with van der Waals surface area (Å²) >= 11 is 0. The molecule has 0 saturated carbocycles. The van der Waals surface area contributed by atoms with Gasteiger partial charge in [0.1, 0.15) is 0 Å². The summed E-state index contributed by atoms with van der Waals surface area (Å²) in [5.41, 5.74) is 0.941. The molecule has 0 aromatic rings. The predicted molar refractivity (Wildman–Crippen MR) is 45.6 cm³/mol. The zero-order valence-corrected chi connectivity index (χ0v) is 7.11. The summed E-state index contributed by atoms with van der Waals surface area (Å²) in [6.45, 7) is 10.8. The van der Waals surface area contributed by atoms with Gasteiger partial charge in [0, 0.05) is 12.2 Å². The van der Waals surface area contributed by atoms with Crippen molar-refractivity contribution in [2.75, 3.05) is 6.54 Å². The highest BCUT2D eigenvalue weighted by molar-refractivity contribution is 4.86. The van der Waals surface area contributed by atoms with Gasteiger partial charge < -0.3 is 5.32 Å². The van der Waals surface area contributed by atoms with E-state index < -0.39 is 0 Å². The average molecular weight is 140 g/mol. The molecule has 0 amide bonds. The van der Waals surface area contributed by atoms with E-state index >= 15 is 0 Å². The van der Waals surface area contributed by atoms with E-state index in [9.17, 15) is 0 Å². The molecule has 0 atom stereocenters. The molecule has 10 heavy (non-hydrogen) atoms. The van der Waals surface area contributed by atoms with Crippen LogP contribution in [0.2, 0.25) is 0 Å². The predicted octanol–water partition coefficient (Wildman–Crippen LogP) is 2.49. The highest BCUT2D eigenvalue weighted by atomic mass is 14.9. The third-order valence-electron chi connectivity index (χ3n) is 1.45. The maximum absolute atomic E-state index is 5.63. The summed E-state index contributed by atoms with van der Waals surface area (Å²) in [5.74, 6) is 0. The molecular weight excluding hydrogens is 122 g/mol. The van der Waals surface area contributed by atoms with Gasteiger partial charge in [-0.1, -0.05) is 19.8 Å². The Morgan fingerprint density at radius 1 is 1.30 bits per heavy atom. The molecule has 0 spiro atoms. The maximum Gasteiger partial charge on any atom is 0.0115 e. The minimum absolute atomic E-state index is 0.941. The first-order valence-corrected chi connectivity index (χ1v) is 4.16. The van der Waals surface area contributed by atoms with Crippen LogP contribution in [0.4, 0.5) is 0 Å². The highest BCUT2D eigenvalue weighted by Gasteiger charge is 1.90. The van der Waals surface area contributed by atoms with Gasteiger partial charge in [0.05, 0.1) is 0 Å². The second-order valence-electron chi connectivity index (χ2n) is 2.51. The van der Waals surface area contributed by atoms with Gasteiger partial charge in [-0.2, -0.15) is 0 Å². The topological polar surface area (TPSA) is 12.0 Å². The molecule has 0 saturated heterocycles. The van der Waals surface area contributed by atoms with Crippen LogP contribution in [0, 0.1) is 6.58 Å². The Labute approximate surface area is 64.5 Å². The van der Waals surface area contributed by atoms with Gasteiger partial charge in [-0.05, 0) is 26.3 Å². The lowest BCUT2D eigenvalue weighted by atomic mass is 10.2. The molecule has 1 nitrogen and oxygen atoms in total. The van der Waals surface area contributed by atoms with Crippen LogP contribution in [-0.2, 0) is 0 Å². The van der Waals surface area contributed by atoms with Crippen molar-refractivity contribution in [2.45, 2.75) is 39.5 Å². The largest absolute Gasteiger partial charge is 0.389 e. The summed E-state index contributed by atoms with van der Waals surface area (Å²) in [4.78, 5) is 0. The molecule has 0 aliphatic carbocycles. The summed E-state index contributed by atoms with van der Waals surface area (Å²) in [7, 11) is 0. The van der Waals surface area contributed by atoms with Gasteiger partial charge in [-0.25, -0.2) is 0 Å². The summed E-state index contributed by atoms with van der Waals surface area (Å²) < 4.78 is 0.